The van der Waals surface area contributed by atoms with Crippen molar-refractivity contribution in [2.45, 2.75) is 26.3 Å². The average Bonchev–Trinajstić information content (AvgIpc) is 3.27. The van der Waals surface area contributed by atoms with Crippen LogP contribution in [-0.2, 0) is 9.59 Å². The van der Waals surface area contributed by atoms with E-state index in [1.807, 2.05) is 13.8 Å². The second-order valence-corrected chi connectivity index (χ2v) is 5.67. The number of methoxy groups -OCH3 is 2. The van der Waals surface area contributed by atoms with E-state index in [9.17, 15) is 9.59 Å². The molecule has 0 bridgehead atoms. The zero-order valence-electron chi connectivity index (χ0n) is 13.3. The Hall–Kier alpha value is -2.24. The number of carbonyl (C=O) groups excluding carboxylic acids is 2. The summed E-state index contributed by atoms with van der Waals surface area (Å²) < 4.78 is 10.4. The fourth-order valence-electron chi connectivity index (χ4n) is 2.30. The lowest BCUT2D eigenvalue weighted by molar-refractivity contribution is -0.125. The normalized spacial score (nSPS) is 19.5. The Bertz CT molecular complexity index is 571. The highest BCUT2D eigenvalue weighted by molar-refractivity contribution is 6.00. The highest BCUT2D eigenvalue weighted by Gasteiger charge is 2.48. The van der Waals surface area contributed by atoms with Crippen molar-refractivity contribution in [1.29, 1.82) is 0 Å². The summed E-state index contributed by atoms with van der Waals surface area (Å²) in [6.07, 6.45) is 0.580. The first-order valence-electron chi connectivity index (χ1n) is 7.29. The Morgan fingerprint density at radius 3 is 2.41 bits per heavy atom. The fourth-order valence-corrected chi connectivity index (χ4v) is 2.30. The zero-order valence-corrected chi connectivity index (χ0v) is 13.3. The highest BCUT2D eigenvalue weighted by Crippen LogP contribution is 2.40. The number of amides is 2. The van der Waals surface area contributed by atoms with Gasteiger partial charge in [0.05, 0.1) is 31.7 Å². The van der Waals surface area contributed by atoms with Crippen molar-refractivity contribution in [1.82, 2.24) is 5.32 Å². The quantitative estimate of drug-likeness (QED) is 0.840. The number of rotatable bonds is 6. The number of nitrogens with one attached hydrogen (secondary N) is 2. The van der Waals surface area contributed by atoms with Crippen LogP contribution in [0.2, 0.25) is 0 Å². The Morgan fingerprint density at radius 2 is 1.82 bits per heavy atom. The Labute approximate surface area is 130 Å². The molecule has 0 spiro atoms. The van der Waals surface area contributed by atoms with Crippen LogP contribution < -0.4 is 20.1 Å². The number of benzene rings is 1. The summed E-state index contributed by atoms with van der Waals surface area (Å²) in [5.74, 6) is 0.427. The molecule has 1 aliphatic carbocycles. The number of ether oxygens (including phenoxy) is 2. The van der Waals surface area contributed by atoms with Crippen LogP contribution in [0.3, 0.4) is 0 Å². The maximum atomic E-state index is 12.3. The molecule has 120 valence electrons. The minimum absolute atomic E-state index is 0.0623. The van der Waals surface area contributed by atoms with Crippen LogP contribution in [0.5, 0.6) is 11.5 Å². The summed E-state index contributed by atoms with van der Waals surface area (Å²) in [6.45, 7) is 3.80. The molecule has 0 aliphatic heterocycles. The Balaban J connectivity index is 2.00. The molecular weight excluding hydrogens is 284 g/mol. The van der Waals surface area contributed by atoms with Crippen molar-refractivity contribution in [3.8, 4) is 11.5 Å². The van der Waals surface area contributed by atoms with Gasteiger partial charge in [0.2, 0.25) is 11.8 Å². The summed E-state index contributed by atoms with van der Waals surface area (Å²) in [4.78, 5) is 24.1. The van der Waals surface area contributed by atoms with Crippen molar-refractivity contribution < 1.29 is 19.1 Å². The van der Waals surface area contributed by atoms with Gasteiger partial charge in [-0.15, -0.1) is 0 Å². The molecule has 22 heavy (non-hydrogen) atoms. The molecule has 0 saturated heterocycles. The molecule has 2 N–H and O–H groups in total. The molecular formula is C16H22N2O4. The maximum absolute atomic E-state index is 12.3. The van der Waals surface area contributed by atoms with Crippen molar-refractivity contribution >= 4 is 17.5 Å². The van der Waals surface area contributed by atoms with Gasteiger partial charge < -0.3 is 20.1 Å². The summed E-state index contributed by atoms with van der Waals surface area (Å²) in [6, 6.07) is 5.26. The molecule has 6 heteroatoms. The summed E-state index contributed by atoms with van der Waals surface area (Å²) in [5, 5.41) is 5.64. The minimum Gasteiger partial charge on any atom is -0.497 e. The lowest BCUT2D eigenvalue weighted by Gasteiger charge is -2.12. The SMILES string of the molecule is COc1ccc(OC)c(NC(=O)C2CC2C(=O)NC(C)C)c1. The zero-order chi connectivity index (χ0) is 16.3. The van der Waals surface area contributed by atoms with E-state index >= 15 is 0 Å². The van der Waals surface area contributed by atoms with Gasteiger partial charge in [0.25, 0.3) is 0 Å². The van der Waals surface area contributed by atoms with E-state index in [1.165, 1.54) is 7.11 Å². The largest absolute Gasteiger partial charge is 0.497 e. The number of hydrogen-bond donors (Lipinski definition) is 2. The minimum atomic E-state index is -0.283. The van der Waals surface area contributed by atoms with Crippen LogP contribution in [-0.4, -0.2) is 32.1 Å². The second-order valence-electron chi connectivity index (χ2n) is 5.67. The molecule has 1 aliphatic rings. The van der Waals surface area contributed by atoms with Crippen LogP contribution in [0.1, 0.15) is 20.3 Å². The van der Waals surface area contributed by atoms with E-state index < -0.39 is 0 Å². The topological polar surface area (TPSA) is 76.7 Å². The predicted molar refractivity (Wildman–Crippen MR) is 83.1 cm³/mol. The molecule has 6 nitrogen and oxygen atoms in total. The molecule has 1 aromatic carbocycles. The third kappa shape index (κ3) is 3.69. The molecule has 1 fully saturated rings. The molecule has 2 unspecified atom stereocenters. The first kappa shape index (κ1) is 16.1. The first-order chi connectivity index (χ1) is 10.5. The van der Waals surface area contributed by atoms with Crippen LogP contribution in [0, 0.1) is 11.8 Å². The average molecular weight is 306 g/mol. The molecule has 2 rings (SSSR count). The van der Waals surface area contributed by atoms with Gasteiger partial charge in [0, 0.05) is 12.1 Å². The molecule has 1 aromatic rings. The Morgan fingerprint density at radius 1 is 1.14 bits per heavy atom. The smallest absolute Gasteiger partial charge is 0.228 e. The fraction of sp³-hybridized carbons (Fsp3) is 0.500. The van der Waals surface area contributed by atoms with Crippen molar-refractivity contribution in [2.24, 2.45) is 11.8 Å². The lowest BCUT2D eigenvalue weighted by atomic mass is 10.2. The number of carbonyl (C=O) groups is 2. The van der Waals surface area contributed by atoms with Gasteiger partial charge in [0.1, 0.15) is 11.5 Å². The summed E-state index contributed by atoms with van der Waals surface area (Å²) in [7, 11) is 3.09. The van der Waals surface area contributed by atoms with E-state index in [1.54, 1.807) is 25.3 Å². The second kappa shape index (κ2) is 6.68. The van der Waals surface area contributed by atoms with Gasteiger partial charge >= 0.3 is 0 Å². The van der Waals surface area contributed by atoms with E-state index in [2.05, 4.69) is 10.6 Å². The predicted octanol–water partition coefficient (Wildman–Crippen LogP) is 1.80. The van der Waals surface area contributed by atoms with Gasteiger partial charge in [-0.3, -0.25) is 9.59 Å². The van der Waals surface area contributed by atoms with Crippen molar-refractivity contribution in [3.05, 3.63) is 18.2 Å². The molecule has 1 saturated carbocycles. The molecule has 0 aromatic heterocycles. The number of hydrogen-bond acceptors (Lipinski definition) is 4. The standard InChI is InChI=1S/C16H22N2O4/c1-9(2)17-15(19)11-8-12(11)16(20)18-13-7-10(21-3)5-6-14(13)22-4/h5-7,9,11-12H,8H2,1-4H3,(H,17,19)(H,18,20). The van der Waals surface area contributed by atoms with Crippen molar-refractivity contribution in [3.63, 3.8) is 0 Å². The maximum Gasteiger partial charge on any atom is 0.228 e. The number of anilines is 1. The van der Waals surface area contributed by atoms with Crippen molar-refractivity contribution in [2.75, 3.05) is 19.5 Å². The highest BCUT2D eigenvalue weighted by atomic mass is 16.5. The van der Waals surface area contributed by atoms with Gasteiger partial charge in [-0.25, -0.2) is 0 Å². The van der Waals surface area contributed by atoms with Crippen LogP contribution >= 0.6 is 0 Å². The van der Waals surface area contributed by atoms with E-state index in [4.69, 9.17) is 9.47 Å². The monoisotopic (exact) mass is 306 g/mol. The third-order valence-electron chi connectivity index (χ3n) is 3.56. The summed E-state index contributed by atoms with van der Waals surface area (Å²) >= 11 is 0. The Kier molecular flexibility index (Phi) is 4.90. The van der Waals surface area contributed by atoms with Gasteiger partial charge in [0.15, 0.2) is 0 Å². The third-order valence-corrected chi connectivity index (χ3v) is 3.56. The van der Waals surface area contributed by atoms with E-state index in [0.29, 0.717) is 23.6 Å². The van der Waals surface area contributed by atoms with Crippen LogP contribution in [0.4, 0.5) is 5.69 Å². The van der Waals surface area contributed by atoms with E-state index in [0.717, 1.165) is 0 Å². The molecule has 2 atom stereocenters. The lowest BCUT2D eigenvalue weighted by Crippen LogP contribution is -2.32. The van der Waals surface area contributed by atoms with Gasteiger partial charge in [-0.1, -0.05) is 0 Å². The molecule has 0 heterocycles. The molecule has 2 amide bonds. The van der Waals surface area contributed by atoms with Crippen LogP contribution in [0.15, 0.2) is 18.2 Å². The van der Waals surface area contributed by atoms with Gasteiger partial charge in [-0.05, 0) is 32.4 Å². The first-order valence-corrected chi connectivity index (χ1v) is 7.29. The van der Waals surface area contributed by atoms with Crippen LogP contribution in [0.25, 0.3) is 0 Å². The van der Waals surface area contributed by atoms with E-state index in [-0.39, 0.29) is 29.7 Å². The van der Waals surface area contributed by atoms with Gasteiger partial charge in [-0.2, -0.15) is 0 Å². The molecule has 0 radical (unpaired) electrons. The summed E-state index contributed by atoms with van der Waals surface area (Å²) in [5.41, 5.74) is 0.543.